The highest BCUT2D eigenvalue weighted by Crippen LogP contribution is 2.29. The summed E-state index contributed by atoms with van der Waals surface area (Å²) >= 11 is 0. The second-order valence-electron chi connectivity index (χ2n) is 7.05. The molecule has 0 aliphatic rings. The van der Waals surface area contributed by atoms with Gasteiger partial charge in [-0.3, -0.25) is 20.3 Å². The SMILES string of the molecule is O=C(O)c1ccccc1NS(=O)(=O)c1cc([N+](=O)[O-])ccc1N/N=C/c1c[nH]c2ccccc12. The van der Waals surface area contributed by atoms with Crippen LogP contribution in [0.4, 0.5) is 17.1 Å². The quantitative estimate of drug-likeness (QED) is 0.168. The smallest absolute Gasteiger partial charge is 0.337 e. The number of carboxylic acid groups (broad SMARTS) is 1. The predicted molar refractivity (Wildman–Crippen MR) is 127 cm³/mol. The highest BCUT2D eigenvalue weighted by Gasteiger charge is 2.24. The normalized spacial score (nSPS) is 11.5. The van der Waals surface area contributed by atoms with Gasteiger partial charge < -0.3 is 10.1 Å². The lowest BCUT2D eigenvalue weighted by atomic mass is 10.2. The summed E-state index contributed by atoms with van der Waals surface area (Å²) in [5.41, 5.74) is 3.28. The molecule has 0 aliphatic heterocycles. The van der Waals surface area contributed by atoms with Gasteiger partial charge in [0.1, 0.15) is 4.90 Å². The number of carbonyl (C=O) groups is 1. The number of para-hydroxylation sites is 2. The van der Waals surface area contributed by atoms with Crippen LogP contribution in [-0.4, -0.2) is 35.6 Å². The minimum Gasteiger partial charge on any atom is -0.478 e. The number of H-pyrrole nitrogens is 1. The fourth-order valence-electron chi connectivity index (χ4n) is 3.27. The molecule has 0 amide bonds. The van der Waals surface area contributed by atoms with Crippen LogP contribution >= 0.6 is 0 Å². The first kappa shape index (κ1) is 22.5. The standard InChI is InChI=1S/C22H17N5O6S/c28-22(29)17-6-2-4-8-19(17)26-34(32,33)21-11-15(27(30)31)9-10-20(21)25-24-13-14-12-23-18-7-3-1-5-16(14)18/h1-13,23,25-26H,(H,28,29)/b24-13+. The lowest BCUT2D eigenvalue weighted by Crippen LogP contribution is -2.17. The molecule has 172 valence electrons. The van der Waals surface area contributed by atoms with Crippen molar-refractivity contribution >= 4 is 50.2 Å². The molecule has 0 atom stereocenters. The molecule has 4 N–H and O–H groups in total. The van der Waals surface area contributed by atoms with Crippen molar-refractivity contribution in [3.63, 3.8) is 0 Å². The van der Waals surface area contributed by atoms with Gasteiger partial charge >= 0.3 is 5.97 Å². The number of aromatic amines is 1. The molecule has 12 heteroatoms. The number of benzene rings is 3. The van der Waals surface area contributed by atoms with Crippen molar-refractivity contribution in [3.8, 4) is 0 Å². The van der Waals surface area contributed by atoms with Gasteiger partial charge in [-0.2, -0.15) is 5.10 Å². The molecule has 0 unspecified atom stereocenters. The Labute approximate surface area is 193 Å². The minimum atomic E-state index is -4.44. The summed E-state index contributed by atoms with van der Waals surface area (Å²) in [7, 11) is -4.44. The Balaban J connectivity index is 1.69. The molecule has 4 aromatic rings. The molecule has 0 fully saturated rings. The maximum absolute atomic E-state index is 13.1. The van der Waals surface area contributed by atoms with E-state index in [0.717, 1.165) is 28.6 Å². The largest absolute Gasteiger partial charge is 0.478 e. The summed E-state index contributed by atoms with van der Waals surface area (Å²) in [5, 5.41) is 25.6. The maximum atomic E-state index is 13.1. The van der Waals surface area contributed by atoms with Crippen LogP contribution in [0.25, 0.3) is 10.9 Å². The lowest BCUT2D eigenvalue weighted by Gasteiger charge is -2.13. The van der Waals surface area contributed by atoms with Gasteiger partial charge in [-0.15, -0.1) is 0 Å². The molecule has 0 spiro atoms. The fourth-order valence-corrected chi connectivity index (χ4v) is 4.53. The van der Waals surface area contributed by atoms with Crippen molar-refractivity contribution in [3.05, 3.63) is 94.2 Å². The summed E-state index contributed by atoms with van der Waals surface area (Å²) in [5.74, 6) is -1.33. The van der Waals surface area contributed by atoms with Crippen LogP contribution in [0.1, 0.15) is 15.9 Å². The number of aromatic nitrogens is 1. The molecule has 1 heterocycles. The van der Waals surface area contributed by atoms with Crippen LogP contribution in [0.3, 0.4) is 0 Å². The number of sulfonamides is 1. The molecule has 0 saturated heterocycles. The number of aromatic carboxylic acids is 1. The first-order chi connectivity index (χ1) is 16.3. The van der Waals surface area contributed by atoms with Gasteiger partial charge in [0.15, 0.2) is 0 Å². The van der Waals surface area contributed by atoms with Crippen LogP contribution in [0.2, 0.25) is 0 Å². The average molecular weight is 479 g/mol. The number of nitrogens with one attached hydrogen (secondary N) is 3. The Morgan fingerprint density at radius 1 is 1.06 bits per heavy atom. The van der Waals surface area contributed by atoms with Gasteiger partial charge in [-0.25, -0.2) is 13.2 Å². The number of anilines is 2. The van der Waals surface area contributed by atoms with Gasteiger partial charge in [-0.1, -0.05) is 30.3 Å². The third-order valence-corrected chi connectivity index (χ3v) is 6.28. The second-order valence-corrected chi connectivity index (χ2v) is 8.70. The monoisotopic (exact) mass is 479 g/mol. The topological polar surface area (TPSA) is 167 Å². The molecule has 11 nitrogen and oxygen atoms in total. The van der Waals surface area contributed by atoms with E-state index < -0.39 is 31.5 Å². The number of nitrogens with zero attached hydrogens (tertiary/aromatic N) is 2. The van der Waals surface area contributed by atoms with E-state index in [0.29, 0.717) is 0 Å². The van der Waals surface area contributed by atoms with Crippen molar-refractivity contribution in [1.82, 2.24) is 4.98 Å². The molecule has 0 radical (unpaired) electrons. The van der Waals surface area contributed by atoms with Gasteiger partial charge in [0.2, 0.25) is 0 Å². The van der Waals surface area contributed by atoms with E-state index >= 15 is 0 Å². The van der Waals surface area contributed by atoms with Gasteiger partial charge in [0, 0.05) is 34.8 Å². The summed E-state index contributed by atoms with van der Waals surface area (Å²) in [6.45, 7) is 0. The number of nitro groups is 1. The van der Waals surface area contributed by atoms with Crippen molar-refractivity contribution in [2.45, 2.75) is 4.90 Å². The Hall–Kier alpha value is -4.71. The number of hydrogen-bond acceptors (Lipinski definition) is 7. The first-order valence-electron chi connectivity index (χ1n) is 9.75. The van der Waals surface area contributed by atoms with Gasteiger partial charge in [0.25, 0.3) is 15.7 Å². The predicted octanol–water partition coefficient (Wildman–Crippen LogP) is 4.02. The molecule has 3 aromatic carbocycles. The number of hydrogen-bond donors (Lipinski definition) is 4. The van der Waals surface area contributed by atoms with E-state index in [9.17, 15) is 28.4 Å². The van der Waals surface area contributed by atoms with Crippen LogP contribution < -0.4 is 10.1 Å². The molecule has 4 rings (SSSR count). The number of rotatable bonds is 8. The Morgan fingerprint density at radius 2 is 1.79 bits per heavy atom. The molecule has 1 aromatic heterocycles. The van der Waals surface area contributed by atoms with Crippen molar-refractivity contribution in [2.24, 2.45) is 5.10 Å². The number of non-ortho nitro benzene ring substituents is 1. The van der Waals surface area contributed by atoms with E-state index in [1.807, 2.05) is 24.3 Å². The molecule has 0 aliphatic carbocycles. The molecule has 0 bridgehead atoms. The van der Waals surface area contributed by atoms with Crippen molar-refractivity contribution in [1.29, 1.82) is 0 Å². The van der Waals surface area contributed by atoms with E-state index in [1.54, 1.807) is 6.20 Å². The summed E-state index contributed by atoms with van der Waals surface area (Å²) in [4.78, 5) is 24.6. The van der Waals surface area contributed by atoms with E-state index in [-0.39, 0.29) is 16.9 Å². The molecule has 34 heavy (non-hydrogen) atoms. The fraction of sp³-hybridized carbons (Fsp3) is 0. The maximum Gasteiger partial charge on any atom is 0.337 e. The van der Waals surface area contributed by atoms with Crippen LogP contribution in [-0.2, 0) is 10.0 Å². The molecular weight excluding hydrogens is 462 g/mol. The first-order valence-corrected chi connectivity index (χ1v) is 11.2. The molecular formula is C22H17N5O6S. The van der Waals surface area contributed by atoms with Crippen LogP contribution in [0.5, 0.6) is 0 Å². The van der Waals surface area contributed by atoms with Crippen molar-refractivity contribution < 1.29 is 23.2 Å². The summed E-state index contributed by atoms with van der Waals surface area (Å²) < 4.78 is 28.4. The highest BCUT2D eigenvalue weighted by molar-refractivity contribution is 7.93. The van der Waals surface area contributed by atoms with Crippen molar-refractivity contribution in [2.75, 3.05) is 10.1 Å². The zero-order chi connectivity index (χ0) is 24.3. The zero-order valence-corrected chi connectivity index (χ0v) is 18.1. The molecule has 0 saturated carbocycles. The third kappa shape index (κ3) is 4.56. The highest BCUT2D eigenvalue weighted by atomic mass is 32.2. The van der Waals surface area contributed by atoms with Crippen LogP contribution in [0.15, 0.2) is 82.9 Å². The zero-order valence-electron chi connectivity index (χ0n) is 17.3. The van der Waals surface area contributed by atoms with Gasteiger partial charge in [0.05, 0.1) is 28.1 Å². The minimum absolute atomic E-state index is 0.0398. The Kier molecular flexibility index (Phi) is 5.97. The number of nitro benzene ring substituents is 1. The number of hydrazone groups is 1. The van der Waals surface area contributed by atoms with E-state index in [4.69, 9.17) is 0 Å². The third-order valence-electron chi connectivity index (χ3n) is 4.88. The lowest BCUT2D eigenvalue weighted by molar-refractivity contribution is -0.385. The summed E-state index contributed by atoms with van der Waals surface area (Å²) in [6, 6.07) is 16.2. The van der Waals surface area contributed by atoms with Gasteiger partial charge in [-0.05, 0) is 24.3 Å². The number of fused-ring (bicyclic) bond motifs is 1. The second kappa shape index (κ2) is 9.03. The van der Waals surface area contributed by atoms with E-state index in [2.05, 4.69) is 20.2 Å². The average Bonchev–Trinajstić information content (AvgIpc) is 3.22. The Morgan fingerprint density at radius 3 is 2.56 bits per heavy atom. The van der Waals surface area contributed by atoms with Crippen LogP contribution in [0, 0.1) is 10.1 Å². The van der Waals surface area contributed by atoms with E-state index in [1.165, 1.54) is 36.5 Å². The summed E-state index contributed by atoms with van der Waals surface area (Å²) in [6.07, 6.45) is 3.21. The number of carboxylic acids is 1. The Bertz CT molecular complexity index is 1540.